The Morgan fingerprint density at radius 3 is 2.78 bits per heavy atom. The zero-order chi connectivity index (χ0) is 13.0. The summed E-state index contributed by atoms with van der Waals surface area (Å²) in [4.78, 5) is 0. The van der Waals surface area contributed by atoms with Gasteiger partial charge < -0.3 is 9.15 Å². The minimum atomic E-state index is 0.609. The fraction of sp³-hybridized carbons (Fsp3) is 0.333. The molecule has 2 aromatic rings. The van der Waals surface area contributed by atoms with Crippen LogP contribution in [-0.4, -0.2) is 17.3 Å². The number of aryl methyl sites for hydroxylation is 1. The van der Waals surface area contributed by atoms with Crippen LogP contribution in [0.2, 0.25) is 0 Å². The number of aromatic nitrogens is 2. The highest BCUT2D eigenvalue weighted by atomic mass is 79.9. The van der Waals surface area contributed by atoms with E-state index in [0.717, 1.165) is 21.7 Å². The van der Waals surface area contributed by atoms with Crippen LogP contribution in [0.1, 0.15) is 17.3 Å². The molecule has 0 atom stereocenters. The molecule has 0 saturated carbocycles. The van der Waals surface area contributed by atoms with Crippen molar-refractivity contribution < 1.29 is 9.15 Å². The number of thioether (sulfide) groups is 1. The maximum absolute atomic E-state index is 5.31. The molecule has 0 radical (unpaired) electrons. The number of methoxy groups -OCH3 is 1. The van der Waals surface area contributed by atoms with Crippen molar-refractivity contribution in [1.82, 2.24) is 10.2 Å². The Morgan fingerprint density at radius 1 is 1.33 bits per heavy atom. The number of benzene rings is 1. The second kappa shape index (κ2) is 6.24. The molecule has 1 heterocycles. The summed E-state index contributed by atoms with van der Waals surface area (Å²) >= 11 is 5.21. The van der Waals surface area contributed by atoms with E-state index in [0.29, 0.717) is 11.8 Å². The monoisotopic (exact) mass is 328 g/mol. The lowest BCUT2D eigenvalue weighted by Gasteiger charge is -2.05. The number of ether oxygens (including phenoxy) is 1. The van der Waals surface area contributed by atoms with Gasteiger partial charge in [0.05, 0.1) is 17.3 Å². The summed E-state index contributed by atoms with van der Waals surface area (Å²) < 4.78 is 11.5. The number of hydrogen-bond acceptors (Lipinski definition) is 5. The molecule has 0 unspecified atom stereocenters. The molecule has 0 aliphatic carbocycles. The molecule has 1 aromatic carbocycles. The maximum atomic E-state index is 5.31. The fourth-order valence-electron chi connectivity index (χ4n) is 1.45. The van der Waals surface area contributed by atoms with Crippen LogP contribution in [0.4, 0.5) is 0 Å². The van der Waals surface area contributed by atoms with Crippen LogP contribution in [-0.2, 0) is 11.5 Å². The number of nitrogens with zero attached hydrogens (tertiary/aromatic N) is 2. The first-order valence-electron chi connectivity index (χ1n) is 5.38. The predicted octanol–water partition coefficient (Wildman–Crippen LogP) is 3.58. The highest BCUT2D eigenvalue weighted by molar-refractivity contribution is 9.10. The molecule has 0 amide bonds. The summed E-state index contributed by atoms with van der Waals surface area (Å²) in [7, 11) is 1.66. The molecular formula is C12H13BrN2O2S. The van der Waals surface area contributed by atoms with Crippen LogP contribution in [0.5, 0.6) is 5.75 Å². The Morgan fingerprint density at radius 2 is 2.17 bits per heavy atom. The third-order valence-electron chi connectivity index (χ3n) is 2.28. The normalized spacial score (nSPS) is 10.6. The lowest BCUT2D eigenvalue weighted by Crippen LogP contribution is -1.87. The van der Waals surface area contributed by atoms with Crippen molar-refractivity contribution in [3.05, 3.63) is 40.0 Å². The van der Waals surface area contributed by atoms with Crippen LogP contribution in [0, 0.1) is 6.92 Å². The Bertz CT molecular complexity index is 531. The summed E-state index contributed by atoms with van der Waals surface area (Å²) in [6.45, 7) is 1.79. The van der Waals surface area contributed by atoms with Gasteiger partial charge in [-0.05, 0) is 33.6 Å². The van der Waals surface area contributed by atoms with Gasteiger partial charge >= 0.3 is 0 Å². The van der Waals surface area contributed by atoms with E-state index in [1.165, 1.54) is 5.56 Å². The van der Waals surface area contributed by atoms with Gasteiger partial charge in [-0.2, -0.15) is 0 Å². The topological polar surface area (TPSA) is 48.2 Å². The Balaban J connectivity index is 1.88. The molecule has 0 aliphatic rings. The standard InChI is InChI=1S/C12H13BrN2O2S/c1-8-14-15-12(17-8)7-18-6-9-3-4-11(16-2)10(13)5-9/h3-5H,6-7H2,1-2H3. The number of hydrogen-bond donors (Lipinski definition) is 0. The summed E-state index contributed by atoms with van der Waals surface area (Å²) in [6.07, 6.45) is 0. The molecule has 96 valence electrons. The fourth-order valence-corrected chi connectivity index (χ4v) is 2.85. The second-order valence-electron chi connectivity index (χ2n) is 3.68. The highest BCUT2D eigenvalue weighted by Crippen LogP contribution is 2.27. The van der Waals surface area contributed by atoms with E-state index in [9.17, 15) is 0 Å². The van der Waals surface area contributed by atoms with E-state index in [1.807, 2.05) is 6.07 Å². The Kier molecular flexibility index (Phi) is 4.66. The smallest absolute Gasteiger partial charge is 0.226 e. The molecule has 0 spiro atoms. The predicted molar refractivity (Wildman–Crippen MR) is 74.7 cm³/mol. The van der Waals surface area contributed by atoms with Crippen LogP contribution >= 0.6 is 27.7 Å². The van der Waals surface area contributed by atoms with Crippen molar-refractivity contribution in [2.45, 2.75) is 18.4 Å². The third-order valence-corrected chi connectivity index (χ3v) is 3.89. The Labute approximate surface area is 118 Å². The van der Waals surface area contributed by atoms with Crippen molar-refractivity contribution in [2.75, 3.05) is 7.11 Å². The van der Waals surface area contributed by atoms with E-state index in [2.05, 4.69) is 38.3 Å². The first-order chi connectivity index (χ1) is 8.69. The first kappa shape index (κ1) is 13.4. The van der Waals surface area contributed by atoms with Gasteiger partial charge in [-0.15, -0.1) is 22.0 Å². The van der Waals surface area contributed by atoms with E-state index in [1.54, 1.807) is 25.8 Å². The molecule has 6 heteroatoms. The molecule has 0 N–H and O–H groups in total. The van der Waals surface area contributed by atoms with Crippen molar-refractivity contribution in [3.63, 3.8) is 0 Å². The number of halogens is 1. The second-order valence-corrected chi connectivity index (χ2v) is 5.52. The van der Waals surface area contributed by atoms with Gasteiger partial charge in [0.1, 0.15) is 5.75 Å². The quantitative estimate of drug-likeness (QED) is 0.839. The van der Waals surface area contributed by atoms with Crippen LogP contribution in [0.15, 0.2) is 27.1 Å². The summed E-state index contributed by atoms with van der Waals surface area (Å²) in [5, 5.41) is 7.75. The first-order valence-corrected chi connectivity index (χ1v) is 7.33. The van der Waals surface area contributed by atoms with Crippen molar-refractivity contribution >= 4 is 27.7 Å². The highest BCUT2D eigenvalue weighted by Gasteiger charge is 2.04. The van der Waals surface area contributed by atoms with Crippen molar-refractivity contribution in [2.24, 2.45) is 0 Å². The van der Waals surface area contributed by atoms with Crippen molar-refractivity contribution in [1.29, 1.82) is 0 Å². The molecule has 0 saturated heterocycles. The molecule has 4 nitrogen and oxygen atoms in total. The van der Waals surface area contributed by atoms with E-state index < -0.39 is 0 Å². The summed E-state index contributed by atoms with van der Waals surface area (Å²) in [5.74, 6) is 3.74. The van der Waals surface area contributed by atoms with Gasteiger partial charge in [0.15, 0.2) is 0 Å². The van der Waals surface area contributed by atoms with E-state index >= 15 is 0 Å². The molecule has 2 rings (SSSR count). The average molecular weight is 329 g/mol. The molecule has 1 aromatic heterocycles. The van der Waals surface area contributed by atoms with Gasteiger partial charge in [0, 0.05) is 12.7 Å². The largest absolute Gasteiger partial charge is 0.496 e. The zero-order valence-electron chi connectivity index (χ0n) is 10.1. The molecule has 0 fully saturated rings. The zero-order valence-corrected chi connectivity index (χ0v) is 12.5. The molecular weight excluding hydrogens is 316 g/mol. The van der Waals surface area contributed by atoms with E-state index in [4.69, 9.17) is 9.15 Å². The number of rotatable bonds is 5. The van der Waals surface area contributed by atoms with Gasteiger partial charge in [-0.1, -0.05) is 6.07 Å². The van der Waals surface area contributed by atoms with E-state index in [-0.39, 0.29) is 0 Å². The average Bonchev–Trinajstić information content (AvgIpc) is 2.75. The summed E-state index contributed by atoms with van der Waals surface area (Å²) in [6, 6.07) is 6.07. The maximum Gasteiger partial charge on any atom is 0.226 e. The minimum Gasteiger partial charge on any atom is -0.496 e. The summed E-state index contributed by atoms with van der Waals surface area (Å²) in [5.41, 5.74) is 1.23. The van der Waals surface area contributed by atoms with Crippen LogP contribution < -0.4 is 4.74 Å². The molecule has 0 bridgehead atoms. The molecule has 18 heavy (non-hydrogen) atoms. The minimum absolute atomic E-state index is 0.609. The van der Waals surface area contributed by atoms with Crippen molar-refractivity contribution in [3.8, 4) is 5.75 Å². The van der Waals surface area contributed by atoms with Crippen LogP contribution in [0.25, 0.3) is 0 Å². The van der Waals surface area contributed by atoms with Gasteiger partial charge in [-0.3, -0.25) is 0 Å². The Hall–Kier alpha value is -1.01. The lowest BCUT2D eigenvalue weighted by atomic mass is 10.2. The van der Waals surface area contributed by atoms with Gasteiger partial charge in [-0.25, -0.2) is 0 Å². The molecule has 0 aliphatic heterocycles. The van der Waals surface area contributed by atoms with Gasteiger partial charge in [0.25, 0.3) is 0 Å². The third kappa shape index (κ3) is 3.49. The lowest BCUT2D eigenvalue weighted by molar-refractivity contribution is 0.412. The SMILES string of the molecule is COc1ccc(CSCc2nnc(C)o2)cc1Br. The van der Waals surface area contributed by atoms with Gasteiger partial charge in [0.2, 0.25) is 11.8 Å². The van der Waals surface area contributed by atoms with Crippen LogP contribution in [0.3, 0.4) is 0 Å².